The Morgan fingerprint density at radius 2 is 1.58 bits per heavy atom. The summed E-state index contributed by atoms with van der Waals surface area (Å²) in [6, 6.07) is 15.3. The first kappa shape index (κ1) is 19.7. The molecule has 5 nitrogen and oxygen atoms in total. The highest BCUT2D eigenvalue weighted by Gasteiger charge is 2.23. The number of carbonyl (C=O) groups excluding carboxylic acids is 2. The van der Waals surface area contributed by atoms with Crippen LogP contribution in [0.2, 0.25) is 0 Å². The minimum absolute atomic E-state index is 0.108. The molecule has 2 aromatic carbocycles. The van der Waals surface area contributed by atoms with Gasteiger partial charge in [0.25, 0.3) is 0 Å². The molecule has 2 N–H and O–H groups in total. The predicted molar refractivity (Wildman–Crippen MR) is 103 cm³/mol. The van der Waals surface area contributed by atoms with Crippen LogP contribution in [0.25, 0.3) is 0 Å². The van der Waals surface area contributed by atoms with Crippen molar-refractivity contribution in [2.45, 2.75) is 33.2 Å². The monoisotopic (exact) mass is 354 g/mol. The molecule has 0 bridgehead atoms. The Kier molecular flexibility index (Phi) is 7.36. The topological polar surface area (TPSA) is 69.6 Å². The number of para-hydroxylation sites is 1. The highest BCUT2D eigenvalue weighted by Crippen LogP contribution is 2.22. The summed E-state index contributed by atoms with van der Waals surface area (Å²) in [7, 11) is 0. The molecule has 0 spiro atoms. The maximum atomic E-state index is 12.6. The summed E-state index contributed by atoms with van der Waals surface area (Å²) in [6.07, 6.45) is 1.53. The van der Waals surface area contributed by atoms with Gasteiger partial charge in [0.2, 0.25) is 0 Å². The number of nitrogens with zero attached hydrogens (tertiary/aromatic N) is 1. The number of rotatable bonds is 7. The summed E-state index contributed by atoms with van der Waals surface area (Å²) in [5, 5.41) is 12.1. The lowest BCUT2D eigenvalue weighted by Gasteiger charge is -2.22. The fourth-order valence-electron chi connectivity index (χ4n) is 2.89. The number of aryl methyl sites for hydroxylation is 2. The van der Waals surface area contributed by atoms with Crippen molar-refractivity contribution in [3.63, 3.8) is 0 Å². The molecule has 138 valence electrons. The van der Waals surface area contributed by atoms with Crippen molar-refractivity contribution in [2.24, 2.45) is 0 Å². The number of aliphatic hydroxyl groups excluding tert-OH is 1. The van der Waals surface area contributed by atoms with Gasteiger partial charge in [0.05, 0.1) is 6.61 Å². The largest absolute Gasteiger partial charge is 0.395 e. The second-order valence-corrected chi connectivity index (χ2v) is 6.05. The molecule has 0 heterocycles. The van der Waals surface area contributed by atoms with E-state index < -0.39 is 11.8 Å². The molecule has 2 rings (SSSR count). The molecular weight excluding hydrogens is 328 g/mol. The Morgan fingerprint density at radius 1 is 0.962 bits per heavy atom. The van der Waals surface area contributed by atoms with E-state index in [2.05, 4.69) is 5.32 Å². The smallest absolute Gasteiger partial charge is 0.313 e. The van der Waals surface area contributed by atoms with Crippen molar-refractivity contribution >= 4 is 17.5 Å². The Labute approximate surface area is 154 Å². The molecule has 2 aromatic rings. The van der Waals surface area contributed by atoms with Gasteiger partial charge < -0.3 is 15.3 Å². The first-order chi connectivity index (χ1) is 12.6. The minimum Gasteiger partial charge on any atom is -0.395 e. The summed E-state index contributed by atoms with van der Waals surface area (Å²) < 4.78 is 0. The van der Waals surface area contributed by atoms with E-state index in [9.17, 15) is 14.7 Å². The Hall–Kier alpha value is -2.66. The molecule has 0 radical (unpaired) electrons. The predicted octanol–water partition coefficient (Wildman–Crippen LogP) is 2.77. The van der Waals surface area contributed by atoms with Crippen LogP contribution in [0.15, 0.2) is 48.5 Å². The highest BCUT2D eigenvalue weighted by molar-refractivity contribution is 6.39. The highest BCUT2D eigenvalue weighted by atomic mass is 16.3. The van der Waals surface area contributed by atoms with E-state index in [1.54, 1.807) is 0 Å². The summed E-state index contributed by atoms with van der Waals surface area (Å²) in [5.41, 5.74) is 3.63. The van der Waals surface area contributed by atoms with Gasteiger partial charge in [0, 0.05) is 18.8 Å². The van der Waals surface area contributed by atoms with Crippen molar-refractivity contribution < 1.29 is 14.7 Å². The molecule has 5 heteroatoms. The molecule has 2 amide bonds. The standard InChI is InChI=1S/C21H26N2O3/c1-3-17-11-8-12-18(4-2)19(17)22-20(25)21(26)23(13-14-24)15-16-9-6-5-7-10-16/h5-12,24H,3-4,13-15H2,1-2H3,(H,22,25). The lowest BCUT2D eigenvalue weighted by atomic mass is 10.0. The average Bonchev–Trinajstić information content (AvgIpc) is 2.68. The van der Waals surface area contributed by atoms with E-state index in [1.807, 2.05) is 62.4 Å². The number of benzene rings is 2. The van der Waals surface area contributed by atoms with Gasteiger partial charge in [-0.05, 0) is 29.5 Å². The van der Waals surface area contributed by atoms with Gasteiger partial charge in [-0.25, -0.2) is 0 Å². The number of aliphatic hydroxyl groups is 1. The van der Waals surface area contributed by atoms with E-state index in [1.165, 1.54) is 4.90 Å². The average molecular weight is 354 g/mol. The quantitative estimate of drug-likeness (QED) is 0.751. The second-order valence-electron chi connectivity index (χ2n) is 6.05. The van der Waals surface area contributed by atoms with Crippen LogP contribution in [-0.4, -0.2) is 35.0 Å². The number of nitrogens with one attached hydrogen (secondary N) is 1. The van der Waals surface area contributed by atoms with E-state index in [-0.39, 0.29) is 19.7 Å². The lowest BCUT2D eigenvalue weighted by molar-refractivity contribution is -0.143. The molecule has 0 aliphatic rings. The molecule has 0 aliphatic heterocycles. The molecular formula is C21H26N2O3. The van der Waals surface area contributed by atoms with Gasteiger partial charge in [-0.2, -0.15) is 0 Å². The third-order valence-electron chi connectivity index (χ3n) is 4.31. The van der Waals surface area contributed by atoms with Crippen LogP contribution >= 0.6 is 0 Å². The number of anilines is 1. The van der Waals surface area contributed by atoms with Crippen LogP contribution in [0, 0.1) is 0 Å². The lowest BCUT2D eigenvalue weighted by Crippen LogP contribution is -2.41. The molecule has 0 saturated heterocycles. The zero-order valence-corrected chi connectivity index (χ0v) is 15.4. The van der Waals surface area contributed by atoms with E-state index in [0.717, 1.165) is 35.2 Å². The van der Waals surface area contributed by atoms with E-state index in [4.69, 9.17) is 0 Å². The normalized spacial score (nSPS) is 10.4. The molecule has 0 aromatic heterocycles. The van der Waals surface area contributed by atoms with Crippen LogP contribution < -0.4 is 5.32 Å². The summed E-state index contributed by atoms with van der Waals surface area (Å²) in [4.78, 5) is 26.6. The van der Waals surface area contributed by atoms with Crippen molar-refractivity contribution in [1.82, 2.24) is 4.90 Å². The minimum atomic E-state index is -0.676. The van der Waals surface area contributed by atoms with E-state index >= 15 is 0 Å². The van der Waals surface area contributed by atoms with Gasteiger partial charge in [0.1, 0.15) is 0 Å². The van der Waals surface area contributed by atoms with Crippen molar-refractivity contribution in [2.75, 3.05) is 18.5 Å². The Balaban J connectivity index is 2.18. The third kappa shape index (κ3) is 4.92. The maximum Gasteiger partial charge on any atom is 0.313 e. The molecule has 0 saturated carbocycles. The fourth-order valence-corrected chi connectivity index (χ4v) is 2.89. The number of carbonyl (C=O) groups is 2. The number of hydrogen-bond donors (Lipinski definition) is 2. The number of amides is 2. The van der Waals surface area contributed by atoms with Gasteiger partial charge >= 0.3 is 11.8 Å². The molecule has 0 fully saturated rings. The van der Waals surface area contributed by atoms with Crippen molar-refractivity contribution in [3.05, 3.63) is 65.2 Å². The van der Waals surface area contributed by atoms with Crippen LogP contribution in [0.4, 0.5) is 5.69 Å². The fraction of sp³-hybridized carbons (Fsp3) is 0.333. The van der Waals surface area contributed by atoms with Crippen LogP contribution in [0.1, 0.15) is 30.5 Å². The van der Waals surface area contributed by atoms with Crippen LogP contribution in [0.3, 0.4) is 0 Å². The van der Waals surface area contributed by atoms with Gasteiger partial charge in [0.15, 0.2) is 0 Å². The number of hydrogen-bond acceptors (Lipinski definition) is 3. The zero-order valence-electron chi connectivity index (χ0n) is 15.4. The van der Waals surface area contributed by atoms with Crippen LogP contribution in [-0.2, 0) is 29.0 Å². The SMILES string of the molecule is CCc1cccc(CC)c1NC(=O)C(=O)N(CCO)Cc1ccccc1. The Morgan fingerprint density at radius 3 is 2.12 bits per heavy atom. The second kappa shape index (κ2) is 9.73. The summed E-state index contributed by atoms with van der Waals surface area (Å²) in [6.45, 7) is 4.22. The van der Waals surface area contributed by atoms with E-state index in [0.29, 0.717) is 0 Å². The Bertz CT molecular complexity index is 722. The van der Waals surface area contributed by atoms with Crippen molar-refractivity contribution in [1.29, 1.82) is 0 Å². The van der Waals surface area contributed by atoms with Gasteiger partial charge in [-0.3, -0.25) is 9.59 Å². The van der Waals surface area contributed by atoms with Gasteiger partial charge in [-0.1, -0.05) is 62.4 Å². The van der Waals surface area contributed by atoms with Gasteiger partial charge in [-0.15, -0.1) is 0 Å². The molecule has 26 heavy (non-hydrogen) atoms. The molecule has 0 atom stereocenters. The maximum absolute atomic E-state index is 12.6. The zero-order chi connectivity index (χ0) is 18.9. The summed E-state index contributed by atoms with van der Waals surface area (Å²) >= 11 is 0. The first-order valence-corrected chi connectivity index (χ1v) is 8.96. The molecule has 0 unspecified atom stereocenters. The third-order valence-corrected chi connectivity index (χ3v) is 4.31. The first-order valence-electron chi connectivity index (χ1n) is 8.96. The molecule has 0 aliphatic carbocycles. The van der Waals surface area contributed by atoms with Crippen LogP contribution in [0.5, 0.6) is 0 Å². The van der Waals surface area contributed by atoms with Crippen molar-refractivity contribution in [3.8, 4) is 0 Å². The summed E-state index contributed by atoms with van der Waals surface area (Å²) in [5.74, 6) is -1.32.